The van der Waals surface area contributed by atoms with E-state index >= 15 is 0 Å². The van der Waals surface area contributed by atoms with Gasteiger partial charge in [0.15, 0.2) is 0 Å². The minimum absolute atomic E-state index is 0.266. The number of alkyl halides is 1. The highest BCUT2D eigenvalue weighted by Crippen LogP contribution is 2.16. The second-order valence-corrected chi connectivity index (χ2v) is 6.84. The zero-order chi connectivity index (χ0) is 14.3. The molecule has 0 heterocycles. The molecule has 0 aliphatic heterocycles. The number of hydrogen-bond acceptors (Lipinski definition) is 3. The van der Waals surface area contributed by atoms with Crippen LogP contribution >= 0.6 is 15.9 Å². The van der Waals surface area contributed by atoms with Crippen molar-refractivity contribution in [3.63, 3.8) is 0 Å². The fourth-order valence-corrected chi connectivity index (χ4v) is 3.43. The normalized spacial score (nSPS) is 13.2. The van der Waals surface area contributed by atoms with E-state index in [1.807, 2.05) is 0 Å². The molecule has 1 N–H and O–H groups in total. The van der Waals surface area contributed by atoms with E-state index in [0.717, 1.165) is 18.2 Å². The van der Waals surface area contributed by atoms with Gasteiger partial charge in [-0.05, 0) is 36.6 Å². The van der Waals surface area contributed by atoms with Crippen LogP contribution in [0.4, 0.5) is 0 Å². The van der Waals surface area contributed by atoms with Gasteiger partial charge in [-0.2, -0.15) is 0 Å². The Morgan fingerprint density at radius 1 is 1.32 bits per heavy atom. The lowest BCUT2D eigenvalue weighted by Crippen LogP contribution is -2.29. The van der Waals surface area contributed by atoms with Gasteiger partial charge in [0.25, 0.3) is 0 Å². The molecule has 0 radical (unpaired) electrons. The summed E-state index contributed by atoms with van der Waals surface area (Å²) in [6.45, 7) is 2.53. The number of halogens is 1. The Balaban J connectivity index is 2.69. The number of rotatable bonds is 8. The SMILES string of the molecule is CCC(CCBr)CNS(=O)(=O)c1ccc(OC)cc1. The number of sulfonamides is 1. The lowest BCUT2D eigenvalue weighted by Gasteiger charge is -2.14. The molecule has 0 saturated carbocycles. The van der Waals surface area contributed by atoms with E-state index in [1.165, 1.54) is 0 Å². The highest BCUT2D eigenvalue weighted by molar-refractivity contribution is 9.09. The number of methoxy groups -OCH3 is 1. The van der Waals surface area contributed by atoms with Crippen LogP contribution in [-0.2, 0) is 10.0 Å². The first-order valence-electron chi connectivity index (χ1n) is 6.23. The van der Waals surface area contributed by atoms with Crippen molar-refractivity contribution in [3.05, 3.63) is 24.3 Å². The second kappa shape index (κ2) is 7.87. The molecule has 0 aliphatic carbocycles. The van der Waals surface area contributed by atoms with Crippen LogP contribution < -0.4 is 9.46 Å². The van der Waals surface area contributed by atoms with Crippen LogP contribution in [0.25, 0.3) is 0 Å². The molecule has 0 aromatic heterocycles. The lowest BCUT2D eigenvalue weighted by molar-refractivity contribution is 0.414. The Labute approximate surface area is 123 Å². The topological polar surface area (TPSA) is 55.4 Å². The lowest BCUT2D eigenvalue weighted by atomic mass is 10.0. The van der Waals surface area contributed by atoms with Gasteiger partial charge >= 0.3 is 0 Å². The van der Waals surface area contributed by atoms with Crippen molar-refractivity contribution in [2.45, 2.75) is 24.7 Å². The van der Waals surface area contributed by atoms with Crippen molar-refractivity contribution in [1.82, 2.24) is 4.72 Å². The second-order valence-electron chi connectivity index (χ2n) is 4.28. The van der Waals surface area contributed by atoms with Crippen molar-refractivity contribution in [2.24, 2.45) is 5.92 Å². The van der Waals surface area contributed by atoms with Gasteiger partial charge in [0.05, 0.1) is 12.0 Å². The molecule has 19 heavy (non-hydrogen) atoms. The van der Waals surface area contributed by atoms with Crippen molar-refractivity contribution in [3.8, 4) is 5.75 Å². The molecule has 1 rings (SSSR count). The molecule has 1 unspecified atom stereocenters. The molecule has 0 amide bonds. The Hall–Kier alpha value is -0.590. The highest BCUT2D eigenvalue weighted by atomic mass is 79.9. The summed E-state index contributed by atoms with van der Waals surface area (Å²) in [6.07, 6.45) is 1.92. The van der Waals surface area contributed by atoms with Gasteiger partial charge in [-0.1, -0.05) is 29.3 Å². The van der Waals surface area contributed by atoms with Crippen LogP contribution in [0.1, 0.15) is 19.8 Å². The number of nitrogens with one attached hydrogen (secondary N) is 1. The third kappa shape index (κ3) is 5.12. The molecule has 1 aromatic rings. The molecule has 0 bridgehead atoms. The predicted molar refractivity (Wildman–Crippen MR) is 80.4 cm³/mol. The van der Waals surface area contributed by atoms with E-state index in [2.05, 4.69) is 27.6 Å². The van der Waals surface area contributed by atoms with Gasteiger partial charge in [-0.25, -0.2) is 13.1 Å². The van der Waals surface area contributed by atoms with Crippen molar-refractivity contribution >= 4 is 26.0 Å². The summed E-state index contributed by atoms with van der Waals surface area (Å²) in [5, 5.41) is 0.885. The third-order valence-corrected chi connectivity index (χ3v) is 4.92. The van der Waals surface area contributed by atoms with Crippen LogP contribution in [0.15, 0.2) is 29.2 Å². The Morgan fingerprint density at radius 3 is 2.42 bits per heavy atom. The summed E-state index contributed by atoms with van der Waals surface area (Å²) >= 11 is 3.38. The van der Waals surface area contributed by atoms with E-state index in [0.29, 0.717) is 18.2 Å². The van der Waals surface area contributed by atoms with Crippen LogP contribution in [0, 0.1) is 5.92 Å². The molecule has 1 aromatic carbocycles. The molecular weight excluding hydrogens is 330 g/mol. The van der Waals surface area contributed by atoms with Crippen LogP contribution in [0.2, 0.25) is 0 Å². The molecular formula is C13H20BrNO3S. The predicted octanol–water partition coefficient (Wildman–Crippen LogP) is 2.78. The molecule has 1 atom stereocenters. The van der Waals surface area contributed by atoms with Gasteiger partial charge in [-0.3, -0.25) is 0 Å². The zero-order valence-electron chi connectivity index (χ0n) is 11.2. The summed E-state index contributed by atoms with van der Waals surface area (Å²) < 4.78 is 31.9. The Morgan fingerprint density at radius 2 is 1.95 bits per heavy atom. The van der Waals surface area contributed by atoms with Crippen molar-refractivity contribution in [2.75, 3.05) is 19.0 Å². The van der Waals surface area contributed by atoms with Crippen LogP contribution in [-0.4, -0.2) is 27.4 Å². The first kappa shape index (κ1) is 16.5. The monoisotopic (exact) mass is 349 g/mol. The zero-order valence-corrected chi connectivity index (χ0v) is 13.6. The van der Waals surface area contributed by atoms with Gasteiger partial charge in [0.2, 0.25) is 10.0 Å². The van der Waals surface area contributed by atoms with E-state index in [-0.39, 0.29) is 4.90 Å². The number of hydrogen-bond donors (Lipinski definition) is 1. The molecule has 4 nitrogen and oxygen atoms in total. The third-order valence-electron chi connectivity index (χ3n) is 3.03. The molecule has 108 valence electrons. The van der Waals surface area contributed by atoms with E-state index in [9.17, 15) is 8.42 Å². The maximum absolute atomic E-state index is 12.1. The summed E-state index contributed by atoms with van der Waals surface area (Å²) in [5.74, 6) is 0.997. The summed E-state index contributed by atoms with van der Waals surface area (Å²) in [7, 11) is -1.88. The minimum Gasteiger partial charge on any atom is -0.497 e. The Kier molecular flexibility index (Phi) is 6.82. The summed E-state index contributed by atoms with van der Waals surface area (Å²) in [5.41, 5.74) is 0. The first-order chi connectivity index (χ1) is 9.03. The van der Waals surface area contributed by atoms with Gasteiger partial charge < -0.3 is 4.74 Å². The smallest absolute Gasteiger partial charge is 0.240 e. The maximum atomic E-state index is 12.1. The number of ether oxygens (including phenoxy) is 1. The summed E-state index contributed by atoms with van der Waals surface area (Å²) in [6, 6.07) is 6.38. The highest BCUT2D eigenvalue weighted by Gasteiger charge is 2.16. The summed E-state index contributed by atoms with van der Waals surface area (Å²) in [4.78, 5) is 0.266. The quantitative estimate of drug-likeness (QED) is 0.734. The van der Waals surface area contributed by atoms with Crippen molar-refractivity contribution in [1.29, 1.82) is 0 Å². The Bertz CT molecular complexity index is 473. The van der Waals surface area contributed by atoms with E-state index in [1.54, 1.807) is 31.4 Å². The maximum Gasteiger partial charge on any atom is 0.240 e. The van der Waals surface area contributed by atoms with E-state index in [4.69, 9.17) is 4.74 Å². The standard InChI is InChI=1S/C13H20BrNO3S/c1-3-11(8-9-14)10-15-19(16,17)13-6-4-12(18-2)5-7-13/h4-7,11,15H,3,8-10H2,1-2H3. The largest absolute Gasteiger partial charge is 0.497 e. The van der Waals surface area contributed by atoms with Gasteiger partial charge in [0.1, 0.15) is 5.75 Å². The fraction of sp³-hybridized carbons (Fsp3) is 0.538. The van der Waals surface area contributed by atoms with Crippen molar-refractivity contribution < 1.29 is 13.2 Å². The number of benzene rings is 1. The molecule has 0 aliphatic rings. The fourth-order valence-electron chi connectivity index (χ4n) is 1.67. The average Bonchev–Trinajstić information content (AvgIpc) is 2.43. The van der Waals surface area contributed by atoms with Crippen LogP contribution in [0.3, 0.4) is 0 Å². The first-order valence-corrected chi connectivity index (χ1v) is 8.83. The average molecular weight is 350 g/mol. The van der Waals surface area contributed by atoms with Gasteiger partial charge in [0, 0.05) is 11.9 Å². The minimum atomic E-state index is -3.43. The van der Waals surface area contributed by atoms with E-state index < -0.39 is 10.0 Å². The molecule has 0 fully saturated rings. The molecule has 0 saturated heterocycles. The van der Waals surface area contributed by atoms with Gasteiger partial charge in [-0.15, -0.1) is 0 Å². The molecule has 6 heteroatoms. The van der Waals surface area contributed by atoms with Crippen LogP contribution in [0.5, 0.6) is 5.75 Å². The molecule has 0 spiro atoms.